The molecule has 2 rings (SSSR count). The summed E-state index contributed by atoms with van der Waals surface area (Å²) in [5.41, 5.74) is 1.91. The van der Waals surface area contributed by atoms with E-state index in [0.717, 1.165) is 11.3 Å². The van der Waals surface area contributed by atoms with Crippen molar-refractivity contribution < 1.29 is 9.21 Å². The third-order valence-corrected chi connectivity index (χ3v) is 3.71. The lowest BCUT2D eigenvalue weighted by atomic mass is 10.2. The fraction of sp³-hybridized carbons (Fsp3) is 0.400. The summed E-state index contributed by atoms with van der Waals surface area (Å²) in [4.78, 5) is 11.9. The van der Waals surface area contributed by atoms with Gasteiger partial charge in [0.2, 0.25) is 11.8 Å². The molecule has 0 unspecified atom stereocenters. The highest BCUT2D eigenvalue weighted by Crippen LogP contribution is 2.21. The molecule has 0 saturated carbocycles. The maximum absolute atomic E-state index is 11.9. The zero-order valence-electron chi connectivity index (χ0n) is 12.4. The molecule has 0 fully saturated rings. The number of aryl methyl sites for hydroxylation is 1. The smallest absolute Gasteiger partial charge is 0.276 e. The van der Waals surface area contributed by atoms with Gasteiger partial charge in [0, 0.05) is 23.8 Å². The van der Waals surface area contributed by atoms with Gasteiger partial charge in [-0.1, -0.05) is 43.8 Å². The molecule has 1 aromatic carbocycles. The number of anilines is 1. The molecular weight excluding hydrogens is 286 g/mol. The Morgan fingerprint density at radius 3 is 2.76 bits per heavy atom. The molecule has 0 radical (unpaired) electrons. The fourth-order valence-corrected chi connectivity index (χ4v) is 2.37. The molecule has 0 aliphatic rings. The van der Waals surface area contributed by atoms with Crippen molar-refractivity contribution in [3.05, 3.63) is 35.7 Å². The SMILES string of the molecule is Cc1ccccc1NC(=O)CCSc1nnc(C(C)C)o1. The molecule has 6 heteroatoms. The second-order valence-electron chi connectivity index (χ2n) is 5.02. The molecule has 0 saturated heterocycles. The van der Waals surface area contributed by atoms with E-state index in [1.165, 1.54) is 11.8 Å². The monoisotopic (exact) mass is 305 g/mol. The third-order valence-electron chi connectivity index (χ3n) is 2.89. The number of aromatic nitrogens is 2. The van der Waals surface area contributed by atoms with Gasteiger partial charge in [0.25, 0.3) is 5.22 Å². The number of nitrogens with one attached hydrogen (secondary N) is 1. The minimum atomic E-state index is -0.0135. The predicted octanol–water partition coefficient (Wildman–Crippen LogP) is 3.62. The largest absolute Gasteiger partial charge is 0.416 e. The lowest BCUT2D eigenvalue weighted by Crippen LogP contribution is -2.12. The Morgan fingerprint density at radius 1 is 1.33 bits per heavy atom. The number of thioether (sulfide) groups is 1. The van der Waals surface area contributed by atoms with E-state index < -0.39 is 0 Å². The second kappa shape index (κ2) is 7.26. The third kappa shape index (κ3) is 4.60. The lowest BCUT2D eigenvalue weighted by molar-refractivity contribution is -0.115. The van der Waals surface area contributed by atoms with E-state index in [9.17, 15) is 4.79 Å². The van der Waals surface area contributed by atoms with E-state index in [1.807, 2.05) is 45.0 Å². The maximum atomic E-state index is 11.9. The molecule has 21 heavy (non-hydrogen) atoms. The Balaban J connectivity index is 1.78. The highest BCUT2D eigenvalue weighted by molar-refractivity contribution is 7.99. The first-order valence-corrected chi connectivity index (χ1v) is 7.86. The number of benzene rings is 1. The van der Waals surface area contributed by atoms with Crippen molar-refractivity contribution in [2.24, 2.45) is 0 Å². The molecule has 1 heterocycles. The Labute approximate surface area is 128 Å². The Kier molecular flexibility index (Phi) is 5.38. The van der Waals surface area contributed by atoms with Crippen molar-refractivity contribution in [3.63, 3.8) is 0 Å². The number of hydrogen-bond acceptors (Lipinski definition) is 5. The number of para-hydroxylation sites is 1. The normalized spacial score (nSPS) is 10.9. The zero-order valence-corrected chi connectivity index (χ0v) is 13.2. The standard InChI is InChI=1S/C15H19N3O2S/c1-10(2)14-17-18-15(20-14)21-9-8-13(19)16-12-7-5-4-6-11(12)3/h4-7,10H,8-9H2,1-3H3,(H,16,19). The van der Waals surface area contributed by atoms with Crippen LogP contribution in [0.1, 0.15) is 37.6 Å². The Hall–Kier alpha value is -1.82. The van der Waals surface area contributed by atoms with Gasteiger partial charge in [0.1, 0.15) is 0 Å². The number of amides is 1. The first-order chi connectivity index (χ1) is 10.1. The number of hydrogen-bond donors (Lipinski definition) is 1. The van der Waals surface area contributed by atoms with E-state index in [2.05, 4.69) is 15.5 Å². The first-order valence-electron chi connectivity index (χ1n) is 6.88. The van der Waals surface area contributed by atoms with Crippen LogP contribution in [0, 0.1) is 6.92 Å². The van der Waals surface area contributed by atoms with Gasteiger partial charge in [-0.2, -0.15) is 0 Å². The van der Waals surface area contributed by atoms with Crippen molar-refractivity contribution in [2.45, 2.75) is 38.3 Å². The van der Waals surface area contributed by atoms with E-state index in [0.29, 0.717) is 23.3 Å². The molecule has 1 amide bonds. The molecular formula is C15H19N3O2S. The van der Waals surface area contributed by atoms with E-state index in [-0.39, 0.29) is 11.8 Å². The van der Waals surface area contributed by atoms with Crippen LogP contribution in [0.15, 0.2) is 33.9 Å². The van der Waals surface area contributed by atoms with Gasteiger partial charge < -0.3 is 9.73 Å². The summed E-state index contributed by atoms with van der Waals surface area (Å²) in [5.74, 6) is 1.44. The molecule has 0 aliphatic heterocycles. The van der Waals surface area contributed by atoms with Crippen molar-refractivity contribution in [2.75, 3.05) is 11.1 Å². The Bertz CT molecular complexity index is 610. The van der Waals surface area contributed by atoms with Gasteiger partial charge >= 0.3 is 0 Å². The van der Waals surface area contributed by atoms with Crippen LogP contribution in [-0.4, -0.2) is 21.9 Å². The summed E-state index contributed by atoms with van der Waals surface area (Å²) in [5, 5.41) is 11.3. The van der Waals surface area contributed by atoms with Crippen molar-refractivity contribution in [1.29, 1.82) is 0 Å². The van der Waals surface area contributed by atoms with Gasteiger partial charge in [-0.3, -0.25) is 4.79 Å². The summed E-state index contributed by atoms with van der Waals surface area (Å²) < 4.78 is 5.47. The molecule has 2 aromatic rings. The highest BCUT2D eigenvalue weighted by Gasteiger charge is 2.11. The number of rotatable bonds is 6. The summed E-state index contributed by atoms with van der Waals surface area (Å²) in [6.45, 7) is 5.96. The van der Waals surface area contributed by atoms with Crippen molar-refractivity contribution in [3.8, 4) is 0 Å². The van der Waals surface area contributed by atoms with E-state index in [4.69, 9.17) is 4.42 Å². The number of nitrogens with zero attached hydrogens (tertiary/aromatic N) is 2. The molecule has 0 aliphatic carbocycles. The summed E-state index contributed by atoms with van der Waals surface area (Å²) in [6.07, 6.45) is 0.401. The molecule has 0 spiro atoms. The topological polar surface area (TPSA) is 68.0 Å². The zero-order chi connectivity index (χ0) is 15.2. The van der Waals surface area contributed by atoms with Gasteiger partial charge in [-0.25, -0.2) is 0 Å². The average Bonchev–Trinajstić information content (AvgIpc) is 2.90. The minimum absolute atomic E-state index is 0.0135. The van der Waals surface area contributed by atoms with Gasteiger partial charge in [0.05, 0.1) is 0 Å². The van der Waals surface area contributed by atoms with Crippen LogP contribution in [-0.2, 0) is 4.79 Å². The Morgan fingerprint density at radius 2 is 2.10 bits per heavy atom. The lowest BCUT2D eigenvalue weighted by Gasteiger charge is -2.07. The molecule has 112 valence electrons. The predicted molar refractivity (Wildman–Crippen MR) is 83.5 cm³/mol. The van der Waals surface area contributed by atoms with E-state index >= 15 is 0 Å². The molecule has 0 atom stereocenters. The van der Waals surface area contributed by atoms with Crippen LogP contribution < -0.4 is 5.32 Å². The molecule has 0 bridgehead atoms. The van der Waals surface area contributed by atoms with Crippen LogP contribution in [0.4, 0.5) is 5.69 Å². The van der Waals surface area contributed by atoms with Gasteiger partial charge in [-0.05, 0) is 18.6 Å². The summed E-state index contributed by atoms with van der Waals surface area (Å²) in [7, 11) is 0. The maximum Gasteiger partial charge on any atom is 0.276 e. The van der Waals surface area contributed by atoms with Crippen molar-refractivity contribution in [1.82, 2.24) is 10.2 Å². The van der Waals surface area contributed by atoms with E-state index in [1.54, 1.807) is 0 Å². The molecule has 1 N–H and O–H groups in total. The van der Waals surface area contributed by atoms with Gasteiger partial charge in [0.15, 0.2) is 0 Å². The van der Waals surface area contributed by atoms with Crippen LogP contribution in [0.2, 0.25) is 0 Å². The fourth-order valence-electron chi connectivity index (χ4n) is 1.67. The quantitative estimate of drug-likeness (QED) is 0.825. The summed E-state index contributed by atoms with van der Waals surface area (Å²) in [6, 6.07) is 7.72. The van der Waals surface area contributed by atoms with Gasteiger partial charge in [-0.15, -0.1) is 10.2 Å². The summed E-state index contributed by atoms with van der Waals surface area (Å²) >= 11 is 1.40. The van der Waals surface area contributed by atoms with Crippen LogP contribution >= 0.6 is 11.8 Å². The number of carbonyl (C=O) groups excluding carboxylic acids is 1. The van der Waals surface area contributed by atoms with Crippen molar-refractivity contribution >= 4 is 23.4 Å². The van der Waals surface area contributed by atoms with Crippen LogP contribution in [0.25, 0.3) is 0 Å². The molecule has 1 aromatic heterocycles. The second-order valence-corrected chi connectivity index (χ2v) is 6.07. The number of carbonyl (C=O) groups is 1. The first kappa shape index (κ1) is 15.6. The van der Waals surface area contributed by atoms with Crippen LogP contribution in [0.3, 0.4) is 0 Å². The molecule has 5 nitrogen and oxygen atoms in total. The average molecular weight is 305 g/mol. The minimum Gasteiger partial charge on any atom is -0.416 e. The van der Waals surface area contributed by atoms with Crippen LogP contribution in [0.5, 0.6) is 0 Å². The highest BCUT2D eigenvalue weighted by atomic mass is 32.2.